The fourth-order valence-corrected chi connectivity index (χ4v) is 3.30. The second-order valence-corrected chi connectivity index (χ2v) is 7.43. The Kier molecular flexibility index (Phi) is 7.44. The molecule has 1 aliphatic heterocycles. The lowest BCUT2D eigenvalue weighted by atomic mass is 10.0. The van der Waals surface area contributed by atoms with Crippen molar-refractivity contribution in [3.63, 3.8) is 0 Å². The zero-order valence-electron chi connectivity index (χ0n) is 17.0. The number of rotatable bonds is 8. The molecule has 2 aromatic carbocycles. The fraction of sp³-hybridized carbons (Fsp3) is 0.375. The van der Waals surface area contributed by atoms with Crippen molar-refractivity contribution >= 4 is 12.0 Å². The quantitative estimate of drug-likeness (QED) is 0.576. The number of para-hydroxylation sites is 1. The van der Waals surface area contributed by atoms with Crippen molar-refractivity contribution in [2.24, 2.45) is 0 Å². The van der Waals surface area contributed by atoms with Crippen LogP contribution in [0.3, 0.4) is 0 Å². The van der Waals surface area contributed by atoms with E-state index >= 15 is 0 Å². The minimum absolute atomic E-state index is 0.216. The van der Waals surface area contributed by atoms with Crippen molar-refractivity contribution in [1.29, 1.82) is 0 Å². The van der Waals surface area contributed by atoms with Gasteiger partial charge in [-0.25, -0.2) is 4.79 Å². The Bertz CT molecular complexity index is 850. The maximum Gasteiger partial charge on any atom is 0.328 e. The second-order valence-electron chi connectivity index (χ2n) is 7.43. The molecular weight excluding hydrogens is 368 g/mol. The van der Waals surface area contributed by atoms with E-state index in [1.807, 2.05) is 36.4 Å². The van der Waals surface area contributed by atoms with Gasteiger partial charge in [-0.05, 0) is 66.1 Å². The van der Waals surface area contributed by atoms with Gasteiger partial charge in [-0.2, -0.15) is 0 Å². The van der Waals surface area contributed by atoms with Crippen LogP contribution in [0.5, 0.6) is 11.5 Å². The lowest BCUT2D eigenvalue weighted by Crippen LogP contribution is -2.22. The predicted octanol–water partition coefficient (Wildman–Crippen LogP) is 5.74. The number of carboxylic acid groups (broad SMARTS) is 1. The lowest BCUT2D eigenvalue weighted by Gasteiger charge is -2.23. The first kappa shape index (κ1) is 21.1. The molecule has 0 aromatic heterocycles. The first-order chi connectivity index (χ1) is 14.0. The maximum atomic E-state index is 10.9. The molecular formula is C24H28O5. The molecule has 1 atom stereocenters. The van der Waals surface area contributed by atoms with Gasteiger partial charge in [0, 0.05) is 12.7 Å². The van der Waals surface area contributed by atoms with Crippen LogP contribution in [0.4, 0.5) is 0 Å². The molecule has 5 heteroatoms. The van der Waals surface area contributed by atoms with E-state index in [2.05, 4.69) is 19.9 Å². The maximum absolute atomic E-state index is 10.9. The van der Waals surface area contributed by atoms with Crippen molar-refractivity contribution < 1.29 is 24.1 Å². The zero-order valence-corrected chi connectivity index (χ0v) is 17.0. The molecule has 3 rings (SSSR count). The van der Waals surface area contributed by atoms with Crippen LogP contribution in [0.25, 0.3) is 6.08 Å². The van der Waals surface area contributed by atoms with Gasteiger partial charge in [0.05, 0.1) is 6.61 Å². The van der Waals surface area contributed by atoms with Crippen molar-refractivity contribution in [2.75, 3.05) is 6.61 Å². The number of hydrogen-bond donors (Lipinski definition) is 1. The van der Waals surface area contributed by atoms with Gasteiger partial charge in [0.2, 0.25) is 0 Å². The van der Waals surface area contributed by atoms with Crippen LogP contribution in [0, 0.1) is 0 Å². The third-order valence-corrected chi connectivity index (χ3v) is 4.85. The van der Waals surface area contributed by atoms with Crippen LogP contribution in [0.15, 0.2) is 48.5 Å². The van der Waals surface area contributed by atoms with Gasteiger partial charge in [0.25, 0.3) is 0 Å². The molecule has 1 aliphatic rings. The molecule has 2 aromatic rings. The highest BCUT2D eigenvalue weighted by atomic mass is 16.7. The smallest absolute Gasteiger partial charge is 0.328 e. The van der Waals surface area contributed by atoms with Gasteiger partial charge in [-0.15, -0.1) is 0 Å². The summed E-state index contributed by atoms with van der Waals surface area (Å²) in [4.78, 5) is 10.9. The molecule has 29 heavy (non-hydrogen) atoms. The van der Waals surface area contributed by atoms with Crippen LogP contribution in [0.1, 0.15) is 55.7 Å². The summed E-state index contributed by atoms with van der Waals surface area (Å²) in [6.07, 6.45) is 5.51. The van der Waals surface area contributed by atoms with Gasteiger partial charge in [-0.3, -0.25) is 0 Å². The minimum Gasteiger partial charge on any atom is -0.478 e. The summed E-state index contributed by atoms with van der Waals surface area (Å²) < 4.78 is 17.7. The molecule has 0 saturated carbocycles. The van der Waals surface area contributed by atoms with Crippen LogP contribution in [-0.2, 0) is 20.9 Å². The number of carboxylic acids is 1. The summed E-state index contributed by atoms with van der Waals surface area (Å²) in [5.74, 6) is 0.862. The normalized spacial score (nSPS) is 17.0. The van der Waals surface area contributed by atoms with Crippen molar-refractivity contribution in [3.8, 4) is 11.5 Å². The van der Waals surface area contributed by atoms with Crippen molar-refractivity contribution in [2.45, 2.75) is 51.9 Å². The van der Waals surface area contributed by atoms with Gasteiger partial charge in [-0.1, -0.05) is 38.1 Å². The van der Waals surface area contributed by atoms with E-state index in [-0.39, 0.29) is 6.29 Å². The largest absolute Gasteiger partial charge is 0.478 e. The molecule has 1 N–H and O–H groups in total. The first-order valence-corrected chi connectivity index (χ1v) is 10.1. The molecule has 0 radical (unpaired) electrons. The molecule has 0 spiro atoms. The Morgan fingerprint density at radius 1 is 1.24 bits per heavy atom. The number of ether oxygens (including phenoxy) is 3. The molecule has 0 aliphatic carbocycles. The van der Waals surface area contributed by atoms with E-state index in [4.69, 9.17) is 19.3 Å². The highest BCUT2D eigenvalue weighted by Crippen LogP contribution is 2.32. The average Bonchev–Trinajstić information content (AvgIpc) is 2.72. The molecule has 1 heterocycles. The number of carbonyl (C=O) groups is 1. The lowest BCUT2D eigenvalue weighted by molar-refractivity contribution is -0.168. The van der Waals surface area contributed by atoms with E-state index in [0.717, 1.165) is 47.8 Å². The zero-order chi connectivity index (χ0) is 20.6. The van der Waals surface area contributed by atoms with Gasteiger partial charge < -0.3 is 19.3 Å². The summed E-state index contributed by atoms with van der Waals surface area (Å²) in [5, 5.41) is 8.97. The second kappa shape index (κ2) is 10.2. The van der Waals surface area contributed by atoms with E-state index in [1.165, 1.54) is 0 Å². The Hall–Kier alpha value is -2.63. The molecule has 1 unspecified atom stereocenters. The standard InChI is InChI=1S/C24H28O5/c1-17(2)21-7-3-4-8-22(21)29-20-12-10-18(11-13-23(25)26)19(15-20)16-28-24-9-5-6-14-27-24/h3-4,7-8,10-13,15,17,24H,5-6,9,14,16H2,1-2H3,(H,25,26). The Labute approximate surface area is 171 Å². The third kappa shape index (κ3) is 6.17. The van der Waals surface area contributed by atoms with E-state index in [1.54, 1.807) is 6.08 Å². The van der Waals surface area contributed by atoms with Crippen LogP contribution in [0.2, 0.25) is 0 Å². The Morgan fingerprint density at radius 3 is 2.79 bits per heavy atom. The van der Waals surface area contributed by atoms with E-state index in [0.29, 0.717) is 24.9 Å². The topological polar surface area (TPSA) is 65.0 Å². The summed E-state index contributed by atoms with van der Waals surface area (Å²) in [5.41, 5.74) is 2.78. The molecule has 5 nitrogen and oxygen atoms in total. The van der Waals surface area contributed by atoms with Crippen LogP contribution < -0.4 is 4.74 Å². The molecule has 0 bridgehead atoms. The first-order valence-electron chi connectivity index (χ1n) is 10.1. The minimum atomic E-state index is -0.987. The summed E-state index contributed by atoms with van der Waals surface area (Å²) in [6, 6.07) is 13.6. The van der Waals surface area contributed by atoms with E-state index in [9.17, 15) is 4.79 Å². The van der Waals surface area contributed by atoms with Crippen molar-refractivity contribution in [1.82, 2.24) is 0 Å². The highest BCUT2D eigenvalue weighted by molar-refractivity contribution is 5.85. The molecule has 1 fully saturated rings. The SMILES string of the molecule is CC(C)c1ccccc1Oc1ccc(C=CC(=O)O)c(COC2CCCCO2)c1. The van der Waals surface area contributed by atoms with Crippen LogP contribution >= 0.6 is 0 Å². The fourth-order valence-electron chi connectivity index (χ4n) is 3.30. The predicted molar refractivity (Wildman–Crippen MR) is 112 cm³/mol. The van der Waals surface area contributed by atoms with Gasteiger partial charge in [0.15, 0.2) is 6.29 Å². The number of aliphatic carboxylic acids is 1. The highest BCUT2D eigenvalue weighted by Gasteiger charge is 2.15. The third-order valence-electron chi connectivity index (χ3n) is 4.85. The number of hydrogen-bond acceptors (Lipinski definition) is 4. The molecule has 154 valence electrons. The van der Waals surface area contributed by atoms with Gasteiger partial charge >= 0.3 is 5.97 Å². The monoisotopic (exact) mass is 396 g/mol. The van der Waals surface area contributed by atoms with E-state index < -0.39 is 5.97 Å². The number of benzene rings is 2. The summed E-state index contributed by atoms with van der Waals surface area (Å²) in [7, 11) is 0. The molecule has 1 saturated heterocycles. The average molecular weight is 396 g/mol. The van der Waals surface area contributed by atoms with Crippen LogP contribution in [-0.4, -0.2) is 24.0 Å². The summed E-state index contributed by atoms with van der Waals surface area (Å²) in [6.45, 7) is 5.30. The Balaban J connectivity index is 1.82. The summed E-state index contributed by atoms with van der Waals surface area (Å²) >= 11 is 0. The van der Waals surface area contributed by atoms with Crippen molar-refractivity contribution in [3.05, 3.63) is 65.2 Å². The molecule has 0 amide bonds. The Morgan fingerprint density at radius 2 is 2.07 bits per heavy atom. The van der Waals surface area contributed by atoms with Gasteiger partial charge in [0.1, 0.15) is 11.5 Å².